The van der Waals surface area contributed by atoms with E-state index in [0.29, 0.717) is 5.69 Å². The minimum Gasteiger partial charge on any atom is -0.397 e. The second-order valence-electron chi connectivity index (χ2n) is 4.42. The molecule has 108 valence electrons. The Labute approximate surface area is 123 Å². The van der Waals surface area contributed by atoms with Crippen LogP contribution in [0, 0.1) is 0 Å². The molecule has 0 saturated carbocycles. The van der Waals surface area contributed by atoms with Gasteiger partial charge in [-0.2, -0.15) is 11.3 Å². The molecule has 0 aliphatic carbocycles. The van der Waals surface area contributed by atoms with E-state index in [2.05, 4.69) is 16.2 Å². The minimum absolute atomic E-state index is 0.171. The maximum Gasteiger partial charge on any atom is 0.240 e. The number of nitrogens with two attached hydrogens (primary N) is 1. The van der Waals surface area contributed by atoms with Crippen LogP contribution in [0.3, 0.4) is 0 Å². The van der Waals surface area contributed by atoms with E-state index in [-0.39, 0.29) is 4.90 Å². The predicted octanol–water partition coefficient (Wildman–Crippen LogP) is 1.87. The number of nitrogens with zero attached hydrogens (tertiary/aromatic N) is 1. The van der Waals surface area contributed by atoms with Crippen LogP contribution in [-0.4, -0.2) is 22.5 Å². The lowest BCUT2D eigenvalue weighted by molar-refractivity contribution is 0.588. The SMILES string of the molecule is CNS(=O)(=O)c1ccc(N(C)Cc2ccsc2)c(N)c1. The fraction of sp³-hybridized carbons (Fsp3) is 0.231. The predicted molar refractivity (Wildman–Crippen MR) is 83.5 cm³/mol. The van der Waals surface area contributed by atoms with Gasteiger partial charge in [0.05, 0.1) is 16.3 Å². The van der Waals surface area contributed by atoms with Crippen LogP contribution in [0.15, 0.2) is 39.9 Å². The van der Waals surface area contributed by atoms with Crippen LogP contribution in [0.2, 0.25) is 0 Å². The third kappa shape index (κ3) is 3.12. The molecule has 0 aliphatic rings. The normalized spacial score (nSPS) is 11.5. The third-order valence-corrected chi connectivity index (χ3v) is 5.13. The molecule has 7 heteroatoms. The van der Waals surface area contributed by atoms with Crippen molar-refractivity contribution in [3.63, 3.8) is 0 Å². The highest BCUT2D eigenvalue weighted by Crippen LogP contribution is 2.26. The molecule has 1 heterocycles. The van der Waals surface area contributed by atoms with Gasteiger partial charge in [-0.1, -0.05) is 0 Å². The molecule has 2 aromatic rings. The summed E-state index contributed by atoms with van der Waals surface area (Å²) in [6.45, 7) is 0.728. The zero-order valence-corrected chi connectivity index (χ0v) is 13.0. The van der Waals surface area contributed by atoms with Crippen LogP contribution < -0.4 is 15.4 Å². The molecule has 0 aliphatic heterocycles. The van der Waals surface area contributed by atoms with Crippen molar-refractivity contribution in [2.45, 2.75) is 11.4 Å². The highest BCUT2D eigenvalue weighted by molar-refractivity contribution is 7.89. The highest BCUT2D eigenvalue weighted by Gasteiger charge is 2.14. The van der Waals surface area contributed by atoms with Gasteiger partial charge in [0.1, 0.15) is 0 Å². The molecule has 1 aromatic heterocycles. The second-order valence-corrected chi connectivity index (χ2v) is 7.08. The molecule has 20 heavy (non-hydrogen) atoms. The van der Waals surface area contributed by atoms with Gasteiger partial charge in [0.2, 0.25) is 10.0 Å². The van der Waals surface area contributed by atoms with Gasteiger partial charge in [0, 0.05) is 13.6 Å². The molecular formula is C13H17N3O2S2. The number of thiophene rings is 1. The molecule has 1 aromatic carbocycles. The average molecular weight is 311 g/mol. The summed E-state index contributed by atoms with van der Waals surface area (Å²) in [6, 6.07) is 6.82. The van der Waals surface area contributed by atoms with Gasteiger partial charge in [-0.05, 0) is 47.6 Å². The van der Waals surface area contributed by atoms with E-state index < -0.39 is 10.0 Å². The lowest BCUT2D eigenvalue weighted by atomic mass is 10.2. The first kappa shape index (κ1) is 14.8. The fourth-order valence-electron chi connectivity index (χ4n) is 1.91. The van der Waals surface area contributed by atoms with Crippen molar-refractivity contribution in [3.05, 3.63) is 40.6 Å². The van der Waals surface area contributed by atoms with Gasteiger partial charge in [-0.25, -0.2) is 13.1 Å². The van der Waals surface area contributed by atoms with Gasteiger partial charge < -0.3 is 10.6 Å². The van der Waals surface area contributed by atoms with Gasteiger partial charge in [0.25, 0.3) is 0 Å². The molecular weight excluding hydrogens is 294 g/mol. The topological polar surface area (TPSA) is 75.4 Å². The van der Waals surface area contributed by atoms with E-state index in [9.17, 15) is 8.42 Å². The van der Waals surface area contributed by atoms with Gasteiger partial charge in [0.15, 0.2) is 0 Å². The van der Waals surface area contributed by atoms with Crippen molar-refractivity contribution >= 4 is 32.7 Å². The Kier molecular flexibility index (Phi) is 4.32. The Morgan fingerprint density at radius 2 is 2.10 bits per heavy atom. The van der Waals surface area contributed by atoms with Crippen molar-refractivity contribution < 1.29 is 8.42 Å². The maximum absolute atomic E-state index is 11.7. The van der Waals surface area contributed by atoms with Crippen molar-refractivity contribution in [1.29, 1.82) is 0 Å². The Morgan fingerprint density at radius 1 is 1.35 bits per heavy atom. The monoisotopic (exact) mass is 311 g/mol. The summed E-state index contributed by atoms with van der Waals surface area (Å²) in [6.07, 6.45) is 0. The van der Waals surface area contributed by atoms with E-state index in [1.807, 2.05) is 17.3 Å². The quantitative estimate of drug-likeness (QED) is 0.827. The number of anilines is 2. The second kappa shape index (κ2) is 5.82. The number of hydrogen-bond acceptors (Lipinski definition) is 5. The number of rotatable bonds is 5. The van der Waals surface area contributed by atoms with Crippen LogP contribution in [0.25, 0.3) is 0 Å². The standard InChI is InChI=1S/C13H17N3O2S2/c1-15-20(17,18)11-3-4-13(12(14)7-11)16(2)8-10-5-6-19-9-10/h3-7,9,15H,8,14H2,1-2H3. The van der Waals surface area contributed by atoms with Crippen molar-refractivity contribution in [2.75, 3.05) is 24.7 Å². The molecule has 5 nitrogen and oxygen atoms in total. The number of nitrogens with one attached hydrogen (secondary N) is 1. The van der Waals surface area contributed by atoms with E-state index in [0.717, 1.165) is 12.2 Å². The van der Waals surface area contributed by atoms with E-state index in [1.165, 1.54) is 18.7 Å². The lowest BCUT2D eigenvalue weighted by Gasteiger charge is -2.21. The van der Waals surface area contributed by atoms with Crippen LogP contribution in [0.1, 0.15) is 5.56 Å². The van der Waals surface area contributed by atoms with Crippen molar-refractivity contribution in [2.24, 2.45) is 0 Å². The van der Waals surface area contributed by atoms with E-state index >= 15 is 0 Å². The van der Waals surface area contributed by atoms with Gasteiger partial charge in [-0.15, -0.1) is 0 Å². The van der Waals surface area contributed by atoms with Crippen molar-refractivity contribution in [1.82, 2.24) is 4.72 Å². The molecule has 0 radical (unpaired) electrons. The number of benzene rings is 1. The Balaban J connectivity index is 2.26. The summed E-state index contributed by atoms with van der Waals surface area (Å²) in [5, 5.41) is 4.10. The Morgan fingerprint density at radius 3 is 2.65 bits per heavy atom. The van der Waals surface area contributed by atoms with Crippen LogP contribution >= 0.6 is 11.3 Å². The van der Waals surface area contributed by atoms with Gasteiger partial charge >= 0.3 is 0 Å². The zero-order chi connectivity index (χ0) is 14.8. The summed E-state index contributed by atoms with van der Waals surface area (Å²) >= 11 is 1.64. The average Bonchev–Trinajstić information content (AvgIpc) is 2.91. The summed E-state index contributed by atoms with van der Waals surface area (Å²) in [5.41, 5.74) is 8.42. The first-order chi connectivity index (χ1) is 9.44. The molecule has 0 bridgehead atoms. The summed E-state index contributed by atoms with van der Waals surface area (Å²) in [4.78, 5) is 2.16. The van der Waals surface area contributed by atoms with Crippen LogP contribution in [0.4, 0.5) is 11.4 Å². The zero-order valence-electron chi connectivity index (χ0n) is 11.3. The highest BCUT2D eigenvalue weighted by atomic mass is 32.2. The molecule has 2 rings (SSSR count). The van der Waals surface area contributed by atoms with Crippen LogP contribution in [0.5, 0.6) is 0 Å². The maximum atomic E-state index is 11.7. The molecule has 0 atom stereocenters. The first-order valence-corrected chi connectivity index (χ1v) is 8.42. The Bertz CT molecular complexity index is 682. The number of sulfonamides is 1. The fourth-order valence-corrected chi connectivity index (χ4v) is 3.33. The summed E-state index contributed by atoms with van der Waals surface area (Å²) in [5.74, 6) is 0. The molecule has 0 spiro atoms. The van der Waals surface area contributed by atoms with E-state index in [1.54, 1.807) is 23.5 Å². The van der Waals surface area contributed by atoms with E-state index in [4.69, 9.17) is 5.73 Å². The third-order valence-electron chi connectivity index (χ3n) is 2.99. The largest absolute Gasteiger partial charge is 0.397 e. The molecule has 3 N–H and O–H groups in total. The number of nitrogen functional groups attached to an aromatic ring is 1. The Hall–Kier alpha value is -1.57. The van der Waals surface area contributed by atoms with Gasteiger partial charge in [-0.3, -0.25) is 0 Å². The smallest absolute Gasteiger partial charge is 0.240 e. The summed E-state index contributed by atoms with van der Waals surface area (Å²) in [7, 11) is -0.157. The molecule has 0 saturated heterocycles. The molecule has 0 fully saturated rings. The summed E-state index contributed by atoms with van der Waals surface area (Å²) < 4.78 is 25.7. The number of hydrogen-bond donors (Lipinski definition) is 2. The molecule has 0 unspecified atom stereocenters. The van der Waals surface area contributed by atoms with Crippen LogP contribution in [-0.2, 0) is 16.6 Å². The minimum atomic E-state index is -3.46. The lowest BCUT2D eigenvalue weighted by Crippen LogP contribution is -2.20. The first-order valence-electron chi connectivity index (χ1n) is 5.99. The van der Waals surface area contributed by atoms with Crippen molar-refractivity contribution in [3.8, 4) is 0 Å². The molecule has 0 amide bonds.